The minimum Gasteiger partial charge on any atom is -0.481 e. The van der Waals surface area contributed by atoms with Crippen molar-refractivity contribution in [2.75, 3.05) is 7.11 Å². The molecule has 0 heterocycles. The lowest BCUT2D eigenvalue weighted by molar-refractivity contribution is -0.145. The first-order valence-electron chi connectivity index (χ1n) is 4.02. The Labute approximate surface area is 77.1 Å². The number of hydrogen-bond donors (Lipinski definition) is 2. The minimum atomic E-state index is -1.05. The first-order valence-corrected chi connectivity index (χ1v) is 4.02. The Bertz CT molecular complexity index is 191. The van der Waals surface area contributed by atoms with Gasteiger partial charge in [-0.25, -0.2) is 0 Å². The quantitative estimate of drug-likeness (QED) is 0.638. The van der Waals surface area contributed by atoms with Crippen molar-refractivity contribution in [2.24, 2.45) is 0 Å². The van der Waals surface area contributed by atoms with Gasteiger partial charge >= 0.3 is 5.97 Å². The van der Waals surface area contributed by atoms with Gasteiger partial charge in [-0.05, 0) is 13.8 Å². The second-order valence-corrected chi connectivity index (χ2v) is 2.99. The number of rotatable bonds is 5. The van der Waals surface area contributed by atoms with Gasteiger partial charge in [0, 0.05) is 13.2 Å². The zero-order valence-corrected chi connectivity index (χ0v) is 8.03. The van der Waals surface area contributed by atoms with Gasteiger partial charge in [0.2, 0.25) is 5.91 Å². The van der Waals surface area contributed by atoms with Gasteiger partial charge in [-0.15, -0.1) is 0 Å². The molecule has 76 valence electrons. The van der Waals surface area contributed by atoms with Crippen LogP contribution in [0, 0.1) is 0 Å². The predicted octanol–water partition coefficient (Wildman–Crippen LogP) is 0.000700. The van der Waals surface area contributed by atoms with Crippen molar-refractivity contribution < 1.29 is 19.4 Å². The van der Waals surface area contributed by atoms with Crippen molar-refractivity contribution >= 4 is 11.9 Å². The number of methoxy groups -OCH3 is 1. The molecule has 0 fully saturated rings. The Morgan fingerprint density at radius 3 is 2.31 bits per heavy atom. The lowest BCUT2D eigenvalue weighted by Gasteiger charge is -2.15. The molecule has 0 aromatic heterocycles. The van der Waals surface area contributed by atoms with Gasteiger partial charge in [0.15, 0.2) is 0 Å². The number of carboxylic acids is 1. The van der Waals surface area contributed by atoms with Crippen LogP contribution < -0.4 is 5.32 Å². The number of aliphatic carboxylic acids is 1. The van der Waals surface area contributed by atoms with E-state index in [1.807, 2.05) is 0 Å². The van der Waals surface area contributed by atoms with Crippen molar-refractivity contribution in [1.82, 2.24) is 5.32 Å². The molecule has 13 heavy (non-hydrogen) atoms. The SMILES string of the molecule is CO[C@H](CC(=O)O)C(=O)NC(C)C. The van der Waals surface area contributed by atoms with Gasteiger partial charge in [0.25, 0.3) is 0 Å². The first kappa shape index (κ1) is 11.9. The smallest absolute Gasteiger partial charge is 0.306 e. The van der Waals surface area contributed by atoms with E-state index in [0.717, 1.165) is 0 Å². The fraction of sp³-hybridized carbons (Fsp3) is 0.750. The van der Waals surface area contributed by atoms with E-state index in [4.69, 9.17) is 9.84 Å². The van der Waals surface area contributed by atoms with Gasteiger partial charge in [-0.3, -0.25) is 9.59 Å². The summed E-state index contributed by atoms with van der Waals surface area (Å²) in [6.07, 6.45) is -1.21. The van der Waals surface area contributed by atoms with E-state index in [2.05, 4.69) is 5.32 Å². The van der Waals surface area contributed by atoms with Gasteiger partial charge in [0.1, 0.15) is 6.10 Å². The third kappa shape index (κ3) is 5.19. The Kier molecular flexibility index (Phi) is 5.06. The molecule has 0 aliphatic heterocycles. The third-order valence-corrected chi connectivity index (χ3v) is 1.37. The summed E-state index contributed by atoms with van der Waals surface area (Å²) in [5.41, 5.74) is 0. The average Bonchev–Trinajstić information content (AvgIpc) is 1.98. The van der Waals surface area contributed by atoms with E-state index in [1.54, 1.807) is 13.8 Å². The summed E-state index contributed by atoms with van der Waals surface area (Å²) in [5, 5.41) is 11.0. The van der Waals surface area contributed by atoms with E-state index in [0.29, 0.717) is 0 Å². The highest BCUT2D eigenvalue weighted by atomic mass is 16.5. The Hall–Kier alpha value is -1.10. The summed E-state index contributed by atoms with van der Waals surface area (Å²) in [7, 11) is 1.31. The molecule has 5 nitrogen and oxygen atoms in total. The monoisotopic (exact) mass is 189 g/mol. The van der Waals surface area contributed by atoms with Crippen molar-refractivity contribution in [2.45, 2.75) is 32.4 Å². The van der Waals surface area contributed by atoms with Crippen LogP contribution >= 0.6 is 0 Å². The van der Waals surface area contributed by atoms with E-state index in [1.165, 1.54) is 7.11 Å². The number of carbonyl (C=O) groups is 2. The first-order chi connectivity index (χ1) is 5.97. The molecule has 1 atom stereocenters. The topological polar surface area (TPSA) is 75.6 Å². The van der Waals surface area contributed by atoms with Crippen LogP contribution in [0.2, 0.25) is 0 Å². The molecule has 0 aliphatic rings. The zero-order valence-electron chi connectivity index (χ0n) is 8.03. The molecular weight excluding hydrogens is 174 g/mol. The highest BCUT2D eigenvalue weighted by Gasteiger charge is 2.21. The third-order valence-electron chi connectivity index (χ3n) is 1.37. The molecule has 0 aromatic rings. The fourth-order valence-electron chi connectivity index (χ4n) is 0.819. The summed E-state index contributed by atoms with van der Waals surface area (Å²) < 4.78 is 4.73. The molecule has 0 saturated heterocycles. The number of carbonyl (C=O) groups excluding carboxylic acids is 1. The fourth-order valence-corrected chi connectivity index (χ4v) is 0.819. The summed E-state index contributed by atoms with van der Waals surface area (Å²) in [6, 6.07) is -0.0149. The molecule has 0 aliphatic carbocycles. The van der Waals surface area contributed by atoms with Crippen LogP contribution in [-0.4, -0.2) is 36.2 Å². The van der Waals surface area contributed by atoms with Crippen molar-refractivity contribution in [1.29, 1.82) is 0 Å². The molecule has 0 unspecified atom stereocenters. The summed E-state index contributed by atoms with van der Waals surface area (Å²) in [6.45, 7) is 3.59. The van der Waals surface area contributed by atoms with Crippen molar-refractivity contribution in [3.63, 3.8) is 0 Å². The van der Waals surface area contributed by atoms with Crippen molar-refractivity contribution in [3.05, 3.63) is 0 Å². The summed E-state index contributed by atoms with van der Waals surface area (Å²) in [4.78, 5) is 21.5. The lowest BCUT2D eigenvalue weighted by Crippen LogP contribution is -2.40. The van der Waals surface area contributed by atoms with E-state index in [-0.39, 0.29) is 18.4 Å². The maximum absolute atomic E-state index is 11.2. The molecular formula is C8H15NO4. The number of amides is 1. The van der Waals surface area contributed by atoms with Crippen LogP contribution in [0.25, 0.3) is 0 Å². The highest BCUT2D eigenvalue weighted by Crippen LogP contribution is 1.97. The maximum atomic E-state index is 11.2. The van der Waals surface area contributed by atoms with Gasteiger partial charge < -0.3 is 15.2 Å². The van der Waals surface area contributed by atoms with Crippen LogP contribution in [0.4, 0.5) is 0 Å². The maximum Gasteiger partial charge on any atom is 0.306 e. The zero-order chi connectivity index (χ0) is 10.4. The number of hydrogen-bond acceptors (Lipinski definition) is 3. The Balaban J connectivity index is 4.07. The standard InChI is InChI=1S/C8H15NO4/c1-5(2)9-8(12)6(13-3)4-7(10)11/h5-6H,4H2,1-3H3,(H,9,12)(H,10,11)/t6-/m1/s1. The lowest BCUT2D eigenvalue weighted by atomic mass is 10.2. The molecule has 0 bridgehead atoms. The second kappa shape index (κ2) is 5.53. The van der Waals surface area contributed by atoms with Crippen LogP contribution in [-0.2, 0) is 14.3 Å². The Morgan fingerprint density at radius 2 is 2.00 bits per heavy atom. The minimum absolute atomic E-state index is 0.0149. The van der Waals surface area contributed by atoms with Crippen molar-refractivity contribution in [3.8, 4) is 0 Å². The molecule has 0 spiro atoms. The molecule has 5 heteroatoms. The second-order valence-electron chi connectivity index (χ2n) is 2.99. The van der Waals surface area contributed by atoms with Gasteiger partial charge in [-0.2, -0.15) is 0 Å². The van der Waals surface area contributed by atoms with Crippen LogP contribution in [0.3, 0.4) is 0 Å². The molecule has 1 amide bonds. The number of ether oxygens (including phenoxy) is 1. The van der Waals surface area contributed by atoms with Crippen LogP contribution in [0.1, 0.15) is 20.3 Å². The summed E-state index contributed by atoms with van der Waals surface area (Å²) in [5.74, 6) is -1.44. The molecule has 2 N–H and O–H groups in total. The molecule has 0 saturated carbocycles. The molecule has 0 radical (unpaired) electrons. The van der Waals surface area contributed by atoms with Crippen LogP contribution in [0.5, 0.6) is 0 Å². The summed E-state index contributed by atoms with van der Waals surface area (Å²) >= 11 is 0. The number of carboxylic acid groups (broad SMARTS) is 1. The van der Waals surface area contributed by atoms with E-state index >= 15 is 0 Å². The van der Waals surface area contributed by atoms with Crippen LogP contribution in [0.15, 0.2) is 0 Å². The average molecular weight is 189 g/mol. The normalized spacial score (nSPS) is 12.6. The van der Waals surface area contributed by atoms with Gasteiger partial charge in [0.05, 0.1) is 6.42 Å². The largest absolute Gasteiger partial charge is 0.481 e. The van der Waals surface area contributed by atoms with E-state index < -0.39 is 12.1 Å². The molecule has 0 rings (SSSR count). The number of nitrogens with one attached hydrogen (secondary N) is 1. The highest BCUT2D eigenvalue weighted by molar-refractivity contribution is 5.85. The predicted molar refractivity (Wildman–Crippen MR) is 46.3 cm³/mol. The molecule has 0 aromatic carbocycles. The Morgan fingerprint density at radius 1 is 1.46 bits per heavy atom. The van der Waals surface area contributed by atoms with E-state index in [9.17, 15) is 9.59 Å². The van der Waals surface area contributed by atoms with Gasteiger partial charge in [-0.1, -0.05) is 0 Å².